The molecular formula is C20H24N6O2. The molecule has 0 radical (unpaired) electrons. The van der Waals surface area contributed by atoms with Crippen LogP contribution in [0.25, 0.3) is 0 Å². The summed E-state index contributed by atoms with van der Waals surface area (Å²) >= 11 is 0. The van der Waals surface area contributed by atoms with Gasteiger partial charge in [-0.2, -0.15) is 0 Å². The van der Waals surface area contributed by atoms with E-state index in [-0.39, 0.29) is 11.8 Å². The number of ether oxygens (including phenoxy) is 1. The minimum Gasteiger partial charge on any atom is -0.497 e. The minimum atomic E-state index is 0.0492. The number of aromatic nitrogens is 5. The Morgan fingerprint density at radius 3 is 2.79 bits per heavy atom. The Bertz CT molecular complexity index is 932. The van der Waals surface area contributed by atoms with Gasteiger partial charge in [-0.1, -0.05) is 0 Å². The van der Waals surface area contributed by atoms with Crippen molar-refractivity contribution in [2.75, 3.05) is 20.2 Å². The molecule has 2 aromatic heterocycles. The number of carbonyl (C=O) groups is 1. The fourth-order valence-electron chi connectivity index (χ4n) is 3.70. The third-order valence-corrected chi connectivity index (χ3v) is 5.29. The lowest BCUT2D eigenvalue weighted by Gasteiger charge is -2.32. The molecule has 1 aliphatic rings. The maximum absolute atomic E-state index is 12.9. The van der Waals surface area contributed by atoms with Crippen molar-refractivity contribution in [2.24, 2.45) is 7.05 Å². The van der Waals surface area contributed by atoms with Crippen LogP contribution in [0.15, 0.2) is 43.0 Å². The van der Waals surface area contributed by atoms with Crippen molar-refractivity contribution in [3.8, 4) is 5.75 Å². The largest absolute Gasteiger partial charge is 0.497 e. The van der Waals surface area contributed by atoms with E-state index in [0.717, 1.165) is 36.8 Å². The highest BCUT2D eigenvalue weighted by atomic mass is 16.5. The van der Waals surface area contributed by atoms with E-state index in [1.807, 2.05) is 51.5 Å². The van der Waals surface area contributed by atoms with E-state index in [1.54, 1.807) is 19.6 Å². The number of imidazole rings is 1. The van der Waals surface area contributed by atoms with Crippen LogP contribution in [0.3, 0.4) is 0 Å². The molecule has 1 fully saturated rings. The van der Waals surface area contributed by atoms with Crippen LogP contribution >= 0.6 is 0 Å². The van der Waals surface area contributed by atoms with Crippen molar-refractivity contribution < 1.29 is 9.53 Å². The van der Waals surface area contributed by atoms with Gasteiger partial charge in [0.25, 0.3) is 5.91 Å². The molecule has 1 unspecified atom stereocenters. The maximum atomic E-state index is 12.9. The highest BCUT2D eigenvalue weighted by Crippen LogP contribution is 2.27. The molecule has 0 aliphatic carbocycles. The molecule has 8 nitrogen and oxygen atoms in total. The van der Waals surface area contributed by atoms with Crippen molar-refractivity contribution in [3.63, 3.8) is 0 Å². The average Bonchev–Trinajstić information content (AvgIpc) is 3.38. The van der Waals surface area contributed by atoms with E-state index in [1.165, 1.54) is 0 Å². The minimum absolute atomic E-state index is 0.0492. The van der Waals surface area contributed by atoms with Crippen molar-refractivity contribution in [1.82, 2.24) is 29.2 Å². The molecular weight excluding hydrogens is 356 g/mol. The summed E-state index contributed by atoms with van der Waals surface area (Å²) in [6, 6.07) is 7.27. The van der Waals surface area contributed by atoms with Gasteiger partial charge >= 0.3 is 0 Å². The molecule has 0 N–H and O–H groups in total. The molecule has 0 bridgehead atoms. The number of hydrogen-bond donors (Lipinski definition) is 0. The molecule has 1 amide bonds. The summed E-state index contributed by atoms with van der Waals surface area (Å²) in [5.41, 5.74) is 0.681. The third-order valence-electron chi connectivity index (χ3n) is 5.29. The molecule has 0 spiro atoms. The molecule has 1 saturated heterocycles. The van der Waals surface area contributed by atoms with Crippen LogP contribution in [-0.4, -0.2) is 55.3 Å². The van der Waals surface area contributed by atoms with Gasteiger partial charge in [-0.05, 0) is 37.1 Å². The molecule has 0 saturated carbocycles. The van der Waals surface area contributed by atoms with E-state index in [4.69, 9.17) is 4.74 Å². The van der Waals surface area contributed by atoms with Gasteiger partial charge in [-0.3, -0.25) is 4.79 Å². The molecule has 1 aliphatic heterocycles. The Morgan fingerprint density at radius 1 is 1.25 bits per heavy atom. The lowest BCUT2D eigenvalue weighted by Crippen LogP contribution is -2.39. The summed E-state index contributed by atoms with van der Waals surface area (Å²) in [5, 5.41) is 8.79. The van der Waals surface area contributed by atoms with Crippen LogP contribution in [0.5, 0.6) is 5.75 Å². The van der Waals surface area contributed by atoms with Gasteiger partial charge in [0.15, 0.2) is 5.82 Å². The zero-order valence-electron chi connectivity index (χ0n) is 16.2. The lowest BCUT2D eigenvalue weighted by atomic mass is 9.96. The van der Waals surface area contributed by atoms with Crippen LogP contribution in [0.1, 0.15) is 40.8 Å². The second-order valence-electron chi connectivity index (χ2n) is 7.09. The highest BCUT2D eigenvalue weighted by molar-refractivity contribution is 5.94. The Balaban J connectivity index is 1.47. The van der Waals surface area contributed by atoms with Crippen LogP contribution in [-0.2, 0) is 13.6 Å². The second kappa shape index (κ2) is 7.84. The average molecular weight is 380 g/mol. The van der Waals surface area contributed by atoms with Crippen LogP contribution in [0, 0.1) is 0 Å². The normalized spacial score (nSPS) is 16.9. The summed E-state index contributed by atoms with van der Waals surface area (Å²) in [5.74, 6) is 2.80. The number of piperidine rings is 1. The molecule has 4 rings (SSSR count). The Kier molecular flexibility index (Phi) is 5.10. The second-order valence-corrected chi connectivity index (χ2v) is 7.09. The van der Waals surface area contributed by atoms with Gasteiger partial charge in [0.2, 0.25) is 0 Å². The van der Waals surface area contributed by atoms with Crippen molar-refractivity contribution in [3.05, 3.63) is 60.2 Å². The van der Waals surface area contributed by atoms with Gasteiger partial charge < -0.3 is 18.8 Å². The first-order valence-electron chi connectivity index (χ1n) is 9.43. The first kappa shape index (κ1) is 18.2. The molecule has 3 heterocycles. The predicted octanol–water partition coefficient (Wildman–Crippen LogP) is 2.09. The fourth-order valence-corrected chi connectivity index (χ4v) is 3.70. The Hall–Kier alpha value is -3.16. The first-order chi connectivity index (χ1) is 13.7. The van der Waals surface area contributed by atoms with Crippen molar-refractivity contribution >= 4 is 5.91 Å². The smallest absolute Gasteiger partial charge is 0.253 e. The zero-order valence-corrected chi connectivity index (χ0v) is 16.2. The number of amides is 1. The van der Waals surface area contributed by atoms with Gasteiger partial charge in [0.1, 0.15) is 11.6 Å². The number of rotatable bonds is 5. The molecule has 1 aromatic carbocycles. The number of nitrogens with zero attached hydrogens (tertiary/aromatic N) is 6. The number of hydrogen-bond acceptors (Lipinski definition) is 5. The summed E-state index contributed by atoms with van der Waals surface area (Å²) in [6.45, 7) is 2.05. The lowest BCUT2D eigenvalue weighted by molar-refractivity contribution is 0.0703. The topological polar surface area (TPSA) is 78.1 Å². The van der Waals surface area contributed by atoms with Gasteiger partial charge in [-0.25, -0.2) is 4.98 Å². The molecule has 146 valence electrons. The molecule has 1 atom stereocenters. The summed E-state index contributed by atoms with van der Waals surface area (Å²) in [7, 11) is 3.61. The molecule has 28 heavy (non-hydrogen) atoms. The number of likely N-dealkylation sites (tertiary alicyclic amines) is 1. The highest BCUT2D eigenvalue weighted by Gasteiger charge is 2.29. The summed E-state index contributed by atoms with van der Waals surface area (Å²) in [6.07, 6.45) is 7.38. The maximum Gasteiger partial charge on any atom is 0.253 e. The van der Waals surface area contributed by atoms with E-state index < -0.39 is 0 Å². The number of carbonyl (C=O) groups excluding carboxylic acids is 1. The fraction of sp³-hybridized carbons (Fsp3) is 0.400. The van der Waals surface area contributed by atoms with Gasteiger partial charge in [-0.15, -0.1) is 10.2 Å². The third kappa shape index (κ3) is 3.62. The number of benzene rings is 1. The zero-order chi connectivity index (χ0) is 19.5. The SMILES string of the molecule is COc1ccc(C(=O)N2CCCC(c3nnc(Cn4ccnc4)n3C)C2)cc1. The van der Waals surface area contributed by atoms with Crippen molar-refractivity contribution in [2.45, 2.75) is 25.3 Å². The number of methoxy groups -OCH3 is 1. The Morgan fingerprint density at radius 2 is 2.07 bits per heavy atom. The van der Waals surface area contributed by atoms with Crippen molar-refractivity contribution in [1.29, 1.82) is 0 Å². The van der Waals surface area contributed by atoms with Crippen LogP contribution in [0.4, 0.5) is 0 Å². The monoisotopic (exact) mass is 380 g/mol. The van der Waals surface area contributed by atoms with E-state index in [0.29, 0.717) is 18.7 Å². The van der Waals surface area contributed by atoms with Gasteiger partial charge in [0.05, 0.1) is 20.0 Å². The summed E-state index contributed by atoms with van der Waals surface area (Å²) < 4.78 is 9.19. The van der Waals surface area contributed by atoms with E-state index in [2.05, 4.69) is 15.2 Å². The van der Waals surface area contributed by atoms with E-state index in [9.17, 15) is 4.79 Å². The standard InChI is InChI=1S/C20H24N6O2/c1-24-18(13-25-11-9-21-14-25)22-23-19(24)16-4-3-10-26(12-16)20(27)15-5-7-17(28-2)8-6-15/h5-9,11,14,16H,3-4,10,12-13H2,1-2H3. The predicted molar refractivity (Wildman–Crippen MR) is 103 cm³/mol. The van der Waals surface area contributed by atoms with Crippen LogP contribution < -0.4 is 4.74 Å². The quantitative estimate of drug-likeness (QED) is 0.677. The van der Waals surface area contributed by atoms with E-state index >= 15 is 0 Å². The first-order valence-corrected chi connectivity index (χ1v) is 9.43. The molecule has 8 heteroatoms. The van der Waals surface area contributed by atoms with Gasteiger partial charge in [0, 0.05) is 44.0 Å². The molecule has 3 aromatic rings. The Labute approximate surface area is 163 Å². The summed E-state index contributed by atoms with van der Waals surface area (Å²) in [4.78, 5) is 18.9. The van der Waals surface area contributed by atoms with Crippen LogP contribution in [0.2, 0.25) is 0 Å².